The van der Waals surface area contributed by atoms with Crippen molar-refractivity contribution in [2.45, 2.75) is 18.8 Å². The van der Waals surface area contributed by atoms with Gasteiger partial charge in [0.25, 0.3) is 0 Å². The Bertz CT molecular complexity index is 612. The number of carbonyl (C=O) groups excluding carboxylic acids is 1. The SMILES string of the molecule is NC(=O)CN1CCCC(c2cncc(-n3ccnc3)n2)C1. The van der Waals surface area contributed by atoms with E-state index in [1.807, 2.05) is 10.8 Å². The topological polar surface area (TPSA) is 89.9 Å². The molecule has 0 aromatic carbocycles. The molecular formula is C14H18N6O. The number of primary amides is 1. The van der Waals surface area contributed by atoms with Crippen LogP contribution in [0.2, 0.25) is 0 Å². The Morgan fingerprint density at radius 1 is 1.38 bits per heavy atom. The Labute approximate surface area is 122 Å². The van der Waals surface area contributed by atoms with Gasteiger partial charge in [-0.05, 0) is 19.4 Å². The summed E-state index contributed by atoms with van der Waals surface area (Å²) < 4.78 is 1.83. The summed E-state index contributed by atoms with van der Waals surface area (Å²) in [5.74, 6) is 0.764. The second-order valence-electron chi connectivity index (χ2n) is 5.31. The fourth-order valence-corrected chi connectivity index (χ4v) is 2.75. The number of aromatic nitrogens is 4. The Balaban J connectivity index is 1.77. The minimum Gasteiger partial charge on any atom is -0.369 e. The van der Waals surface area contributed by atoms with Gasteiger partial charge in [0.2, 0.25) is 5.91 Å². The minimum atomic E-state index is -0.283. The number of piperidine rings is 1. The fourth-order valence-electron chi connectivity index (χ4n) is 2.75. The third-order valence-corrected chi connectivity index (χ3v) is 3.71. The first-order chi connectivity index (χ1) is 10.2. The van der Waals surface area contributed by atoms with Crippen LogP contribution in [0, 0.1) is 0 Å². The highest BCUT2D eigenvalue weighted by Crippen LogP contribution is 2.25. The van der Waals surface area contributed by atoms with Crippen molar-refractivity contribution in [1.29, 1.82) is 0 Å². The van der Waals surface area contributed by atoms with Crippen LogP contribution in [0.3, 0.4) is 0 Å². The monoisotopic (exact) mass is 286 g/mol. The van der Waals surface area contributed by atoms with E-state index in [-0.39, 0.29) is 11.8 Å². The Hall–Kier alpha value is -2.28. The Morgan fingerprint density at radius 3 is 3.05 bits per heavy atom. The van der Waals surface area contributed by atoms with Gasteiger partial charge in [-0.25, -0.2) is 9.97 Å². The molecule has 0 spiro atoms. The third kappa shape index (κ3) is 3.25. The fraction of sp³-hybridized carbons (Fsp3) is 0.429. The van der Waals surface area contributed by atoms with E-state index < -0.39 is 0 Å². The van der Waals surface area contributed by atoms with Crippen molar-refractivity contribution in [3.05, 3.63) is 36.8 Å². The minimum absolute atomic E-state index is 0.283. The number of imidazole rings is 1. The predicted octanol–water partition coefficient (Wildman–Crippen LogP) is 0.327. The molecule has 1 atom stereocenters. The number of nitrogens with zero attached hydrogens (tertiary/aromatic N) is 5. The largest absolute Gasteiger partial charge is 0.369 e. The van der Waals surface area contributed by atoms with Crippen LogP contribution in [0.1, 0.15) is 24.5 Å². The maximum atomic E-state index is 11.1. The van der Waals surface area contributed by atoms with Crippen LogP contribution in [0.25, 0.3) is 5.82 Å². The average molecular weight is 286 g/mol. The highest BCUT2D eigenvalue weighted by Gasteiger charge is 2.23. The second kappa shape index (κ2) is 6.01. The van der Waals surface area contributed by atoms with Gasteiger partial charge in [-0.2, -0.15) is 0 Å². The summed E-state index contributed by atoms with van der Waals surface area (Å²) in [6.07, 6.45) is 10.9. The molecule has 2 N–H and O–H groups in total. The third-order valence-electron chi connectivity index (χ3n) is 3.71. The lowest BCUT2D eigenvalue weighted by Gasteiger charge is -2.31. The van der Waals surface area contributed by atoms with Gasteiger partial charge in [-0.1, -0.05) is 0 Å². The molecule has 2 aromatic heterocycles. The van der Waals surface area contributed by atoms with Crippen molar-refractivity contribution < 1.29 is 4.79 Å². The lowest BCUT2D eigenvalue weighted by atomic mass is 9.95. The van der Waals surface area contributed by atoms with Gasteiger partial charge in [-0.15, -0.1) is 0 Å². The van der Waals surface area contributed by atoms with Crippen molar-refractivity contribution in [3.8, 4) is 5.82 Å². The van der Waals surface area contributed by atoms with E-state index in [2.05, 4.69) is 19.9 Å². The normalized spacial score (nSPS) is 19.5. The van der Waals surface area contributed by atoms with E-state index in [0.717, 1.165) is 37.4 Å². The van der Waals surface area contributed by atoms with Crippen LogP contribution < -0.4 is 5.73 Å². The first kappa shape index (κ1) is 13.7. The Kier molecular flexibility index (Phi) is 3.92. The molecule has 1 aliphatic heterocycles. The highest BCUT2D eigenvalue weighted by atomic mass is 16.1. The summed E-state index contributed by atoms with van der Waals surface area (Å²) in [7, 11) is 0. The van der Waals surface area contributed by atoms with Gasteiger partial charge in [0.15, 0.2) is 5.82 Å². The molecule has 1 amide bonds. The molecule has 1 fully saturated rings. The van der Waals surface area contributed by atoms with Crippen molar-refractivity contribution in [1.82, 2.24) is 24.4 Å². The number of likely N-dealkylation sites (tertiary alicyclic amines) is 1. The summed E-state index contributed by atoms with van der Waals surface area (Å²) in [4.78, 5) is 26.1. The second-order valence-corrected chi connectivity index (χ2v) is 5.31. The number of amides is 1. The average Bonchev–Trinajstić information content (AvgIpc) is 3.01. The number of hydrogen-bond acceptors (Lipinski definition) is 5. The van der Waals surface area contributed by atoms with E-state index >= 15 is 0 Å². The standard InChI is InChI=1S/C14H18N6O/c15-13(21)9-19-4-1-2-11(8-19)12-6-17-7-14(18-12)20-5-3-16-10-20/h3,5-7,10-11H,1-2,4,8-9H2,(H2,15,21). The van der Waals surface area contributed by atoms with Gasteiger partial charge in [-0.3, -0.25) is 19.2 Å². The van der Waals surface area contributed by atoms with Crippen LogP contribution in [0.4, 0.5) is 0 Å². The lowest BCUT2D eigenvalue weighted by molar-refractivity contribution is -0.119. The summed E-state index contributed by atoms with van der Waals surface area (Å²) in [5.41, 5.74) is 6.23. The number of rotatable bonds is 4. The van der Waals surface area contributed by atoms with Crippen molar-refractivity contribution in [2.75, 3.05) is 19.6 Å². The summed E-state index contributed by atoms with van der Waals surface area (Å²) >= 11 is 0. The smallest absolute Gasteiger partial charge is 0.231 e. The molecule has 0 saturated carbocycles. The molecule has 1 aliphatic rings. The lowest BCUT2D eigenvalue weighted by Crippen LogP contribution is -2.40. The van der Waals surface area contributed by atoms with Crippen molar-refractivity contribution >= 4 is 5.91 Å². The van der Waals surface area contributed by atoms with E-state index in [9.17, 15) is 4.79 Å². The molecule has 21 heavy (non-hydrogen) atoms. The molecule has 0 aliphatic carbocycles. The summed E-state index contributed by atoms with van der Waals surface area (Å²) in [6.45, 7) is 2.02. The van der Waals surface area contributed by atoms with Crippen LogP contribution in [-0.4, -0.2) is 50.0 Å². The number of nitrogens with two attached hydrogens (primary N) is 1. The predicted molar refractivity (Wildman–Crippen MR) is 76.8 cm³/mol. The zero-order valence-corrected chi connectivity index (χ0v) is 11.7. The van der Waals surface area contributed by atoms with Crippen molar-refractivity contribution in [3.63, 3.8) is 0 Å². The number of hydrogen-bond donors (Lipinski definition) is 1. The van der Waals surface area contributed by atoms with Gasteiger partial charge < -0.3 is 5.73 Å². The molecule has 7 heteroatoms. The summed E-state index contributed by atoms with van der Waals surface area (Å²) in [5, 5.41) is 0. The quantitative estimate of drug-likeness (QED) is 0.874. The molecule has 1 unspecified atom stereocenters. The molecule has 1 saturated heterocycles. The van der Waals surface area contributed by atoms with Crippen LogP contribution in [0.15, 0.2) is 31.1 Å². The maximum Gasteiger partial charge on any atom is 0.231 e. The van der Waals surface area contributed by atoms with Gasteiger partial charge in [0.05, 0.1) is 18.4 Å². The molecule has 7 nitrogen and oxygen atoms in total. The van der Waals surface area contributed by atoms with Crippen LogP contribution >= 0.6 is 0 Å². The molecule has 0 radical (unpaired) electrons. The molecule has 3 heterocycles. The molecule has 3 rings (SSSR count). The van der Waals surface area contributed by atoms with Gasteiger partial charge >= 0.3 is 0 Å². The first-order valence-electron chi connectivity index (χ1n) is 7.03. The van der Waals surface area contributed by atoms with E-state index in [1.54, 1.807) is 24.9 Å². The van der Waals surface area contributed by atoms with Crippen molar-refractivity contribution in [2.24, 2.45) is 5.73 Å². The zero-order valence-electron chi connectivity index (χ0n) is 11.7. The van der Waals surface area contributed by atoms with Gasteiger partial charge in [0.1, 0.15) is 6.33 Å². The van der Waals surface area contributed by atoms with Gasteiger partial charge in [0, 0.05) is 31.1 Å². The van der Waals surface area contributed by atoms with Crippen LogP contribution in [0.5, 0.6) is 0 Å². The maximum absolute atomic E-state index is 11.1. The zero-order chi connectivity index (χ0) is 14.7. The summed E-state index contributed by atoms with van der Waals surface area (Å²) in [6, 6.07) is 0. The Morgan fingerprint density at radius 2 is 2.29 bits per heavy atom. The molecule has 110 valence electrons. The van der Waals surface area contributed by atoms with E-state index in [4.69, 9.17) is 5.73 Å². The molecule has 0 bridgehead atoms. The molecular weight excluding hydrogens is 268 g/mol. The van der Waals surface area contributed by atoms with E-state index in [1.165, 1.54) is 0 Å². The first-order valence-corrected chi connectivity index (χ1v) is 7.03. The van der Waals surface area contributed by atoms with Crippen LogP contribution in [-0.2, 0) is 4.79 Å². The highest BCUT2D eigenvalue weighted by molar-refractivity contribution is 5.75. The number of carbonyl (C=O) groups is 1. The van der Waals surface area contributed by atoms with E-state index in [0.29, 0.717) is 6.54 Å². The molecule has 2 aromatic rings.